The Kier molecular flexibility index (Phi) is 4.60. The average Bonchev–Trinajstić information content (AvgIpc) is 2.82. The summed E-state index contributed by atoms with van der Waals surface area (Å²) in [6.45, 7) is 1.18. The molecule has 0 atom stereocenters. The normalized spacial score (nSPS) is 10.5. The molecule has 0 aliphatic rings. The van der Waals surface area contributed by atoms with E-state index in [-0.39, 0.29) is 5.91 Å². The Balaban J connectivity index is 2.05. The summed E-state index contributed by atoms with van der Waals surface area (Å²) in [7, 11) is 1.62. The first-order valence-corrected chi connectivity index (χ1v) is 6.35. The van der Waals surface area contributed by atoms with Crippen LogP contribution in [0.5, 0.6) is 0 Å². The average molecular weight is 295 g/mol. The summed E-state index contributed by atoms with van der Waals surface area (Å²) in [6, 6.07) is 4.71. The van der Waals surface area contributed by atoms with E-state index in [2.05, 4.69) is 10.4 Å². The summed E-state index contributed by atoms with van der Waals surface area (Å²) in [4.78, 5) is 12.1. The lowest BCUT2D eigenvalue weighted by Gasteiger charge is -2.04. The Bertz CT molecular complexity index is 592. The van der Waals surface area contributed by atoms with Crippen molar-refractivity contribution in [2.75, 3.05) is 24.8 Å². The second-order valence-electron chi connectivity index (χ2n) is 4.21. The van der Waals surface area contributed by atoms with Gasteiger partial charge in [-0.3, -0.25) is 9.48 Å². The van der Waals surface area contributed by atoms with Crippen molar-refractivity contribution in [2.45, 2.75) is 6.54 Å². The van der Waals surface area contributed by atoms with Crippen LogP contribution in [0.4, 0.5) is 11.4 Å². The van der Waals surface area contributed by atoms with Gasteiger partial charge in [0.25, 0.3) is 5.91 Å². The molecule has 2 aromatic rings. The highest BCUT2D eigenvalue weighted by molar-refractivity contribution is 6.31. The third-order valence-electron chi connectivity index (χ3n) is 2.60. The number of amides is 1. The van der Waals surface area contributed by atoms with Crippen molar-refractivity contribution >= 4 is 28.9 Å². The van der Waals surface area contributed by atoms with Crippen LogP contribution in [0, 0.1) is 0 Å². The van der Waals surface area contributed by atoms with E-state index in [4.69, 9.17) is 22.1 Å². The zero-order valence-corrected chi connectivity index (χ0v) is 11.7. The summed E-state index contributed by atoms with van der Waals surface area (Å²) in [5.41, 5.74) is 7.10. The number of carbonyl (C=O) groups excluding carboxylic acids is 1. The zero-order valence-electron chi connectivity index (χ0n) is 11.0. The first kappa shape index (κ1) is 14.4. The lowest BCUT2D eigenvalue weighted by atomic mass is 10.2. The summed E-state index contributed by atoms with van der Waals surface area (Å²) in [5.74, 6) is -0.287. The Morgan fingerprint density at radius 3 is 3.00 bits per heavy atom. The molecule has 0 fully saturated rings. The largest absolute Gasteiger partial charge is 0.399 e. The molecule has 7 heteroatoms. The third kappa shape index (κ3) is 3.72. The van der Waals surface area contributed by atoms with E-state index in [0.29, 0.717) is 35.1 Å². The highest BCUT2D eigenvalue weighted by Crippen LogP contribution is 2.17. The molecule has 106 valence electrons. The Morgan fingerprint density at radius 2 is 2.30 bits per heavy atom. The van der Waals surface area contributed by atoms with Crippen LogP contribution in [-0.2, 0) is 11.3 Å². The molecule has 0 aliphatic carbocycles. The van der Waals surface area contributed by atoms with E-state index < -0.39 is 0 Å². The number of carbonyl (C=O) groups is 1. The first-order valence-electron chi connectivity index (χ1n) is 5.97. The van der Waals surface area contributed by atoms with Gasteiger partial charge in [0.2, 0.25) is 0 Å². The monoisotopic (exact) mass is 294 g/mol. The molecule has 1 aromatic heterocycles. The molecule has 1 amide bonds. The van der Waals surface area contributed by atoms with Crippen LogP contribution in [-0.4, -0.2) is 29.4 Å². The molecule has 1 heterocycles. The van der Waals surface area contributed by atoms with Crippen molar-refractivity contribution in [2.24, 2.45) is 0 Å². The number of hydrogen-bond donors (Lipinski definition) is 2. The maximum atomic E-state index is 12.1. The van der Waals surface area contributed by atoms with E-state index >= 15 is 0 Å². The van der Waals surface area contributed by atoms with Crippen LogP contribution in [0.3, 0.4) is 0 Å². The van der Waals surface area contributed by atoms with Gasteiger partial charge in [0.05, 0.1) is 25.0 Å². The number of nitrogens with one attached hydrogen (secondary N) is 1. The van der Waals surface area contributed by atoms with Crippen LogP contribution in [0.25, 0.3) is 0 Å². The lowest BCUT2D eigenvalue weighted by Crippen LogP contribution is -2.12. The number of nitrogens with two attached hydrogens (primary N) is 1. The molecule has 0 spiro atoms. The zero-order chi connectivity index (χ0) is 14.5. The summed E-state index contributed by atoms with van der Waals surface area (Å²) < 4.78 is 6.64. The molecule has 0 saturated carbocycles. The number of rotatable bonds is 5. The molecule has 2 rings (SSSR count). The second kappa shape index (κ2) is 6.40. The van der Waals surface area contributed by atoms with Crippen LogP contribution in [0.2, 0.25) is 5.02 Å². The van der Waals surface area contributed by atoms with E-state index in [1.54, 1.807) is 42.4 Å². The number of nitrogens with zero attached hydrogens (tertiary/aromatic N) is 2. The van der Waals surface area contributed by atoms with Gasteiger partial charge in [-0.1, -0.05) is 11.6 Å². The van der Waals surface area contributed by atoms with Gasteiger partial charge < -0.3 is 15.8 Å². The number of methoxy groups -OCH3 is 1. The molecule has 1 aromatic carbocycles. The minimum atomic E-state index is -0.287. The fourth-order valence-corrected chi connectivity index (χ4v) is 1.93. The predicted molar refractivity (Wildman–Crippen MR) is 77.9 cm³/mol. The van der Waals surface area contributed by atoms with Gasteiger partial charge in [-0.05, 0) is 18.2 Å². The van der Waals surface area contributed by atoms with Crippen molar-refractivity contribution in [1.29, 1.82) is 0 Å². The standard InChI is InChI=1S/C13H15ClN4O2/c1-20-3-2-18-8-12(7-16-18)17-13(19)9-4-10(14)6-11(15)5-9/h4-8H,2-3,15H2,1H3,(H,17,19). The summed E-state index contributed by atoms with van der Waals surface area (Å²) >= 11 is 5.87. The molecular weight excluding hydrogens is 280 g/mol. The molecule has 6 nitrogen and oxygen atoms in total. The van der Waals surface area contributed by atoms with Gasteiger partial charge in [-0.25, -0.2) is 0 Å². The van der Waals surface area contributed by atoms with Gasteiger partial charge in [-0.15, -0.1) is 0 Å². The topological polar surface area (TPSA) is 82.2 Å². The van der Waals surface area contributed by atoms with Crippen molar-refractivity contribution in [3.05, 3.63) is 41.2 Å². The minimum absolute atomic E-state index is 0.287. The predicted octanol–water partition coefficient (Wildman–Crippen LogP) is 2.02. The lowest BCUT2D eigenvalue weighted by molar-refractivity contribution is 0.102. The Hall–Kier alpha value is -2.05. The van der Waals surface area contributed by atoms with E-state index in [1.165, 1.54) is 0 Å². The van der Waals surface area contributed by atoms with Gasteiger partial charge >= 0.3 is 0 Å². The maximum Gasteiger partial charge on any atom is 0.255 e. The molecule has 0 saturated heterocycles. The van der Waals surface area contributed by atoms with E-state index in [1.807, 2.05) is 0 Å². The maximum absolute atomic E-state index is 12.1. The fraction of sp³-hybridized carbons (Fsp3) is 0.231. The molecule has 0 aliphatic heterocycles. The highest BCUT2D eigenvalue weighted by Gasteiger charge is 2.09. The van der Waals surface area contributed by atoms with Crippen molar-refractivity contribution in [3.63, 3.8) is 0 Å². The van der Waals surface area contributed by atoms with Crippen molar-refractivity contribution in [1.82, 2.24) is 9.78 Å². The summed E-state index contributed by atoms with van der Waals surface area (Å²) in [5, 5.41) is 7.26. The Labute approximate surface area is 121 Å². The molecule has 0 bridgehead atoms. The highest BCUT2D eigenvalue weighted by atomic mass is 35.5. The summed E-state index contributed by atoms with van der Waals surface area (Å²) in [6.07, 6.45) is 3.30. The number of benzene rings is 1. The number of anilines is 2. The third-order valence-corrected chi connectivity index (χ3v) is 2.82. The number of halogens is 1. The van der Waals surface area contributed by atoms with Crippen molar-refractivity contribution < 1.29 is 9.53 Å². The smallest absolute Gasteiger partial charge is 0.255 e. The fourth-order valence-electron chi connectivity index (χ4n) is 1.68. The molecule has 3 N–H and O–H groups in total. The number of hydrogen-bond acceptors (Lipinski definition) is 4. The second-order valence-corrected chi connectivity index (χ2v) is 4.65. The number of ether oxygens (including phenoxy) is 1. The van der Waals surface area contributed by atoms with E-state index in [9.17, 15) is 4.79 Å². The number of aromatic nitrogens is 2. The van der Waals surface area contributed by atoms with Crippen LogP contribution >= 0.6 is 11.6 Å². The molecule has 0 radical (unpaired) electrons. The SMILES string of the molecule is COCCn1cc(NC(=O)c2cc(N)cc(Cl)c2)cn1. The first-order chi connectivity index (χ1) is 9.58. The van der Waals surface area contributed by atoms with Gasteiger partial charge in [-0.2, -0.15) is 5.10 Å². The quantitative estimate of drug-likeness (QED) is 0.827. The van der Waals surface area contributed by atoms with Crippen LogP contribution in [0.15, 0.2) is 30.6 Å². The van der Waals surface area contributed by atoms with Crippen LogP contribution < -0.4 is 11.1 Å². The minimum Gasteiger partial charge on any atom is -0.399 e. The molecule has 0 unspecified atom stereocenters. The molecule has 20 heavy (non-hydrogen) atoms. The van der Waals surface area contributed by atoms with Gasteiger partial charge in [0, 0.05) is 29.6 Å². The molecular formula is C13H15ClN4O2. The van der Waals surface area contributed by atoms with Gasteiger partial charge in [0.1, 0.15) is 0 Å². The van der Waals surface area contributed by atoms with E-state index in [0.717, 1.165) is 0 Å². The van der Waals surface area contributed by atoms with Crippen molar-refractivity contribution in [3.8, 4) is 0 Å². The van der Waals surface area contributed by atoms with Gasteiger partial charge in [0.15, 0.2) is 0 Å². The van der Waals surface area contributed by atoms with Crippen LogP contribution in [0.1, 0.15) is 10.4 Å². The Morgan fingerprint density at radius 1 is 1.50 bits per heavy atom. The number of nitrogen functional groups attached to an aromatic ring is 1.